The lowest BCUT2D eigenvalue weighted by atomic mass is 9.81. The van der Waals surface area contributed by atoms with Crippen LogP contribution in [0, 0.1) is 0 Å². The molecule has 0 unspecified atom stereocenters. The highest BCUT2D eigenvalue weighted by Crippen LogP contribution is 2.38. The first-order valence-corrected chi connectivity index (χ1v) is 18.0. The second-order valence-corrected chi connectivity index (χ2v) is 13.8. The summed E-state index contributed by atoms with van der Waals surface area (Å²) in [5.74, 6) is 0. The van der Waals surface area contributed by atoms with Crippen LogP contribution in [0.1, 0.15) is 12.8 Å². The van der Waals surface area contributed by atoms with Crippen molar-refractivity contribution in [2.45, 2.75) is 12.8 Å². The fourth-order valence-corrected chi connectivity index (χ4v) is 7.87. The molecule has 1 aliphatic heterocycles. The van der Waals surface area contributed by atoms with Gasteiger partial charge in [-0.3, -0.25) is 0 Å². The molecule has 0 spiro atoms. The molecule has 0 saturated carbocycles. The highest BCUT2D eigenvalue weighted by Gasteiger charge is 2.14. The Bertz CT molecular complexity index is 2300. The van der Waals surface area contributed by atoms with Crippen molar-refractivity contribution in [2.75, 3.05) is 13.2 Å². The van der Waals surface area contributed by atoms with Crippen molar-refractivity contribution in [3.63, 3.8) is 0 Å². The first-order chi connectivity index (χ1) is 23.9. The van der Waals surface area contributed by atoms with Gasteiger partial charge < -0.3 is 14.8 Å². The fourth-order valence-electron chi connectivity index (χ4n) is 5.02. The molecule has 1 aliphatic rings. The second-order valence-electron chi connectivity index (χ2n) is 10.6. The summed E-state index contributed by atoms with van der Waals surface area (Å²) in [6.07, 6.45) is 2.56. The molecule has 0 atom stereocenters. The van der Waals surface area contributed by atoms with Gasteiger partial charge in [0.05, 0.1) is 26.1 Å². The monoisotopic (exact) mass is 744 g/mol. The molecule has 4 aromatic heterocycles. The SMILES string of the molecule is C1CCOC1.Clc1nc(-c2ccccc2)c2sc3ccccc3c2n1.Clc1nc(Cl)c2sc3ccccc3c2n1.OB(O)c1ccccc1. The summed E-state index contributed by atoms with van der Waals surface area (Å²) in [6, 6.07) is 35.0. The number of benzene rings is 4. The molecule has 0 bridgehead atoms. The maximum atomic E-state index is 8.58. The molecule has 0 aliphatic carbocycles. The van der Waals surface area contributed by atoms with Crippen LogP contribution in [0.3, 0.4) is 0 Å². The van der Waals surface area contributed by atoms with Crippen molar-refractivity contribution in [3.05, 3.63) is 125 Å². The van der Waals surface area contributed by atoms with Gasteiger partial charge >= 0.3 is 7.12 Å². The molecule has 5 heterocycles. The van der Waals surface area contributed by atoms with Gasteiger partial charge in [-0.2, -0.15) is 0 Å². The Labute approximate surface area is 305 Å². The minimum absolute atomic E-state index is 0.191. The predicted octanol–water partition coefficient (Wildman–Crippen LogP) is 9.48. The predicted molar refractivity (Wildman–Crippen MR) is 207 cm³/mol. The summed E-state index contributed by atoms with van der Waals surface area (Å²) in [4.78, 5) is 17.0. The smallest absolute Gasteiger partial charge is 0.423 e. The van der Waals surface area contributed by atoms with Gasteiger partial charge in [0.25, 0.3) is 0 Å². The standard InChI is InChI=1S/C16H9ClN2S.C10H4Cl2N2S.C6H7BO2.C4H8O/c17-16-18-13(10-6-2-1-3-7-10)15-14(19-16)11-8-4-5-9-12(11)20-15;11-9-8-7(13-10(12)14-9)5-3-1-2-4-6(5)15-8;8-7(9)6-4-2-1-3-5-6;1-2-4-5-3-1/h1-9H;1-4H;1-5,8-9H;1-4H2. The topological polar surface area (TPSA) is 101 Å². The molecule has 4 aromatic carbocycles. The third-order valence-corrected chi connectivity index (χ3v) is 10.4. The van der Waals surface area contributed by atoms with Gasteiger partial charge in [0.15, 0.2) is 5.15 Å². The van der Waals surface area contributed by atoms with Gasteiger partial charge in [0, 0.05) is 38.9 Å². The van der Waals surface area contributed by atoms with Crippen LogP contribution in [0.5, 0.6) is 0 Å². The van der Waals surface area contributed by atoms with Crippen LogP contribution in [0.25, 0.3) is 51.9 Å². The van der Waals surface area contributed by atoms with E-state index < -0.39 is 7.12 Å². The van der Waals surface area contributed by atoms with E-state index in [0.717, 1.165) is 60.4 Å². The van der Waals surface area contributed by atoms with Crippen LogP contribution >= 0.6 is 57.5 Å². The van der Waals surface area contributed by atoms with E-state index in [1.807, 2.05) is 72.8 Å². The average Bonchev–Trinajstić information content (AvgIpc) is 3.90. The Kier molecular flexibility index (Phi) is 12.0. The maximum Gasteiger partial charge on any atom is 0.488 e. The van der Waals surface area contributed by atoms with E-state index in [1.54, 1.807) is 46.9 Å². The molecule has 2 N–H and O–H groups in total. The summed E-state index contributed by atoms with van der Waals surface area (Å²) in [5, 5.41) is 20.3. The Hall–Kier alpha value is -3.71. The van der Waals surface area contributed by atoms with Gasteiger partial charge in [-0.05, 0) is 53.6 Å². The fraction of sp³-hybridized carbons (Fsp3) is 0.111. The van der Waals surface area contributed by atoms with Crippen LogP contribution in [-0.2, 0) is 4.74 Å². The van der Waals surface area contributed by atoms with Crippen LogP contribution in [0.15, 0.2) is 109 Å². The minimum Gasteiger partial charge on any atom is -0.423 e. The number of hydrogen-bond donors (Lipinski definition) is 2. The largest absolute Gasteiger partial charge is 0.488 e. The van der Waals surface area contributed by atoms with E-state index in [9.17, 15) is 0 Å². The first kappa shape index (κ1) is 35.1. The summed E-state index contributed by atoms with van der Waals surface area (Å²) < 4.78 is 9.27. The molecule has 9 rings (SSSR count). The number of nitrogens with zero attached hydrogens (tertiary/aromatic N) is 4. The number of halogens is 3. The van der Waals surface area contributed by atoms with E-state index in [-0.39, 0.29) is 5.28 Å². The van der Waals surface area contributed by atoms with E-state index in [0.29, 0.717) is 15.9 Å². The lowest BCUT2D eigenvalue weighted by molar-refractivity contribution is 0.198. The van der Waals surface area contributed by atoms with Gasteiger partial charge in [-0.15, -0.1) is 22.7 Å². The molecule has 246 valence electrons. The third kappa shape index (κ3) is 8.73. The number of rotatable bonds is 2. The number of hydrogen-bond acceptors (Lipinski definition) is 9. The first-order valence-electron chi connectivity index (χ1n) is 15.3. The maximum absolute atomic E-state index is 8.58. The molecule has 0 amide bonds. The Balaban J connectivity index is 0.000000126. The van der Waals surface area contributed by atoms with Crippen molar-refractivity contribution in [3.8, 4) is 11.3 Å². The molecule has 7 nitrogen and oxygen atoms in total. The van der Waals surface area contributed by atoms with Gasteiger partial charge in [-0.1, -0.05) is 109 Å². The summed E-state index contributed by atoms with van der Waals surface area (Å²) in [6.45, 7) is 2.00. The van der Waals surface area contributed by atoms with Crippen LogP contribution in [0.4, 0.5) is 0 Å². The highest BCUT2D eigenvalue weighted by atomic mass is 35.5. The van der Waals surface area contributed by atoms with Crippen molar-refractivity contribution < 1.29 is 14.8 Å². The molecule has 0 radical (unpaired) electrons. The van der Waals surface area contributed by atoms with Gasteiger partial charge in [0.1, 0.15) is 0 Å². The number of ether oxygens (including phenoxy) is 1. The summed E-state index contributed by atoms with van der Waals surface area (Å²) in [5.41, 5.74) is 4.26. The molecule has 1 saturated heterocycles. The van der Waals surface area contributed by atoms with E-state index in [2.05, 4.69) is 32.1 Å². The zero-order valence-electron chi connectivity index (χ0n) is 25.8. The lowest BCUT2D eigenvalue weighted by Crippen LogP contribution is -2.29. The Morgan fingerprint density at radius 2 is 1.06 bits per heavy atom. The normalized spacial score (nSPS) is 12.2. The second kappa shape index (κ2) is 16.8. The summed E-state index contributed by atoms with van der Waals surface area (Å²) in [7, 11) is -1.34. The minimum atomic E-state index is -1.34. The third-order valence-electron chi connectivity index (χ3n) is 7.32. The number of thiophene rings is 2. The van der Waals surface area contributed by atoms with Gasteiger partial charge in [-0.25, -0.2) is 19.9 Å². The van der Waals surface area contributed by atoms with Crippen molar-refractivity contribution in [1.82, 2.24) is 19.9 Å². The molecule has 1 fully saturated rings. The van der Waals surface area contributed by atoms with Gasteiger partial charge in [0.2, 0.25) is 10.6 Å². The van der Waals surface area contributed by atoms with Crippen molar-refractivity contribution in [2.24, 2.45) is 0 Å². The molecular formula is C36H28BCl3N4O3S2. The van der Waals surface area contributed by atoms with E-state index in [1.165, 1.54) is 17.5 Å². The number of fused-ring (bicyclic) bond motifs is 6. The zero-order valence-corrected chi connectivity index (χ0v) is 29.7. The highest BCUT2D eigenvalue weighted by molar-refractivity contribution is 7.26. The Morgan fingerprint density at radius 1 is 0.571 bits per heavy atom. The lowest BCUT2D eigenvalue weighted by Gasteiger charge is -2.02. The van der Waals surface area contributed by atoms with Crippen molar-refractivity contribution >= 4 is 111 Å². The van der Waals surface area contributed by atoms with Crippen LogP contribution in [0.2, 0.25) is 15.7 Å². The van der Waals surface area contributed by atoms with E-state index >= 15 is 0 Å². The quantitative estimate of drug-likeness (QED) is 0.103. The summed E-state index contributed by atoms with van der Waals surface area (Å²) >= 11 is 21.2. The average molecular weight is 746 g/mol. The van der Waals surface area contributed by atoms with Crippen molar-refractivity contribution in [1.29, 1.82) is 0 Å². The Morgan fingerprint density at radius 3 is 1.59 bits per heavy atom. The van der Waals surface area contributed by atoms with Crippen LogP contribution in [-0.4, -0.2) is 50.3 Å². The van der Waals surface area contributed by atoms with E-state index in [4.69, 9.17) is 49.6 Å². The molecular weight excluding hydrogens is 718 g/mol. The zero-order chi connectivity index (χ0) is 34.2. The molecule has 13 heteroatoms. The van der Waals surface area contributed by atoms with Crippen LogP contribution < -0.4 is 5.46 Å². The molecule has 8 aromatic rings. The molecule has 49 heavy (non-hydrogen) atoms. The number of aromatic nitrogens is 4.